The number of ether oxygens (including phenoxy) is 1. The van der Waals surface area contributed by atoms with Crippen LogP contribution in [0.5, 0.6) is 0 Å². The van der Waals surface area contributed by atoms with Crippen molar-refractivity contribution in [3.63, 3.8) is 0 Å². The number of carbonyl (C=O) groups is 1. The van der Waals surface area contributed by atoms with Gasteiger partial charge in [-0.05, 0) is 27.2 Å². The molecule has 0 fully saturated rings. The number of halogens is 6. The molecular weight excluding hydrogens is 478 g/mol. The second-order valence-corrected chi connectivity index (χ2v) is 16.6. The van der Waals surface area contributed by atoms with Crippen LogP contribution in [0.15, 0.2) is 0 Å². The average Bonchev–Trinajstić information content (AvgIpc) is 2.61. The molecule has 0 aromatic rings. The Morgan fingerprint density at radius 3 is 1.47 bits per heavy atom. The van der Waals surface area contributed by atoms with E-state index in [2.05, 4.69) is 26.1 Å². The van der Waals surface area contributed by atoms with Crippen LogP contribution in [0.25, 0.3) is 0 Å². The Balaban J connectivity index is 0. The fraction of sp³-hybridized carbons (Fsp3) is 0.933. The van der Waals surface area contributed by atoms with Gasteiger partial charge in [0, 0.05) is 28.3 Å². The average molecular weight is 513 g/mol. The van der Waals surface area contributed by atoms with E-state index in [1.165, 1.54) is 0 Å². The number of alkyl carbamates (subject to hydrolysis) is 1. The zero-order valence-electron chi connectivity index (χ0n) is 18.7. The third kappa shape index (κ3) is 12.6. The maximum absolute atomic E-state index is 12.4. The third-order valence-electron chi connectivity index (χ3n) is 4.92. The summed E-state index contributed by atoms with van der Waals surface area (Å²) in [5.74, 6) is -0.0521. The van der Waals surface area contributed by atoms with Gasteiger partial charge in [-0.25, -0.2) is 4.79 Å². The molecule has 0 saturated heterocycles. The fourth-order valence-corrected chi connectivity index (χ4v) is 8.35. The summed E-state index contributed by atoms with van der Waals surface area (Å²) in [6.45, 7) is 10.5. The van der Waals surface area contributed by atoms with Crippen LogP contribution in [-0.4, -0.2) is 66.2 Å². The number of nitrogens with one attached hydrogen (secondary N) is 1. The Labute approximate surface area is 176 Å². The topological polar surface area (TPSA) is 66.0 Å². The minimum absolute atomic E-state index is 0.0521. The van der Waals surface area contributed by atoms with Crippen molar-refractivity contribution in [2.75, 3.05) is 39.8 Å². The molecule has 0 heterocycles. The van der Waals surface area contributed by atoms with Crippen LogP contribution in [0.3, 0.4) is 0 Å². The number of rotatable bonds is 11. The van der Waals surface area contributed by atoms with Gasteiger partial charge in [0.1, 0.15) is 5.67 Å². The molecule has 6 nitrogen and oxygen atoms in total. The van der Waals surface area contributed by atoms with E-state index in [1.807, 2.05) is 13.8 Å². The van der Waals surface area contributed by atoms with Gasteiger partial charge >= 0.3 is 47.9 Å². The molecule has 0 spiro atoms. The monoisotopic (exact) mass is 513 g/mol. The Hall–Kier alpha value is -0.193. The molecule has 0 bridgehead atoms. The molecule has 0 aliphatic heterocycles. The molecule has 0 aliphatic carbocycles. The summed E-state index contributed by atoms with van der Waals surface area (Å²) in [6, 6.07) is 0. The maximum atomic E-state index is 12.4. The summed E-state index contributed by atoms with van der Waals surface area (Å²) in [6.07, 6.45) is 3.46. The van der Waals surface area contributed by atoms with Gasteiger partial charge < -0.3 is 23.3 Å². The molecule has 15 heteroatoms. The number of hydrogen-bond donors (Lipinski definition) is 1. The molecule has 0 radical (unpaired) electrons. The zero-order chi connectivity index (χ0) is 24.5. The van der Waals surface area contributed by atoms with Crippen molar-refractivity contribution in [1.82, 2.24) is 5.32 Å². The summed E-state index contributed by atoms with van der Waals surface area (Å²) in [5.41, 5.74) is -0.334. The van der Waals surface area contributed by atoms with Gasteiger partial charge in [0.25, 0.3) is 0 Å². The second kappa shape index (κ2) is 11.1. The van der Waals surface area contributed by atoms with Crippen LogP contribution >= 0.6 is 15.1 Å². The van der Waals surface area contributed by atoms with E-state index >= 15 is 0 Å². The van der Waals surface area contributed by atoms with Gasteiger partial charge in [-0.15, -0.1) is 0 Å². The van der Waals surface area contributed by atoms with Crippen molar-refractivity contribution < 1.29 is 48.0 Å². The zero-order valence-corrected chi connectivity index (χ0v) is 21.5. The Kier molecular flexibility index (Phi) is 11.8. The van der Waals surface area contributed by atoms with Crippen molar-refractivity contribution in [2.24, 2.45) is 0 Å². The SMILES string of the molecule is CCC(NC(=O)OC(C)[P+](CC)(CC)CC)[Si](OC)(OC)OC.F[P-](F)(F)(F)(F)F. The summed E-state index contributed by atoms with van der Waals surface area (Å²) >= 11 is 0. The summed E-state index contributed by atoms with van der Waals surface area (Å²) < 4.78 is 81.3. The molecule has 1 amide bonds. The fourth-order valence-electron chi connectivity index (χ4n) is 3.00. The van der Waals surface area contributed by atoms with E-state index in [1.54, 1.807) is 21.3 Å². The first kappa shape index (κ1) is 32.0. The first-order valence-corrected chi connectivity index (χ1v) is 15.6. The van der Waals surface area contributed by atoms with Crippen molar-refractivity contribution in [1.29, 1.82) is 0 Å². The predicted octanol–water partition coefficient (Wildman–Crippen LogP) is 6.71. The third-order valence-corrected chi connectivity index (χ3v) is 13.5. The van der Waals surface area contributed by atoms with Crippen LogP contribution in [0.4, 0.5) is 30.0 Å². The molecule has 2 atom stereocenters. The number of carbonyl (C=O) groups excluding carboxylic acids is 1. The molecule has 0 aromatic heterocycles. The van der Waals surface area contributed by atoms with E-state index in [0.717, 1.165) is 18.5 Å². The molecule has 186 valence electrons. The molecule has 0 aromatic carbocycles. The van der Waals surface area contributed by atoms with Gasteiger partial charge in [0.05, 0.1) is 25.7 Å². The molecule has 1 N–H and O–H groups in total. The van der Waals surface area contributed by atoms with Crippen LogP contribution in [0.2, 0.25) is 0 Å². The Morgan fingerprint density at radius 2 is 1.23 bits per heavy atom. The number of amides is 1. The quantitative estimate of drug-likeness (QED) is 0.189. The Morgan fingerprint density at radius 1 is 0.900 bits per heavy atom. The molecule has 0 rings (SSSR count). The van der Waals surface area contributed by atoms with Gasteiger partial charge in [-0.2, -0.15) is 0 Å². The Bertz CT molecular complexity index is 505. The van der Waals surface area contributed by atoms with Crippen molar-refractivity contribution in [3.8, 4) is 0 Å². The van der Waals surface area contributed by atoms with E-state index in [9.17, 15) is 30.0 Å². The van der Waals surface area contributed by atoms with Gasteiger partial charge in [-0.1, -0.05) is 6.92 Å². The van der Waals surface area contributed by atoms with Crippen molar-refractivity contribution in [2.45, 2.75) is 52.5 Å². The van der Waals surface area contributed by atoms with E-state index in [4.69, 9.17) is 18.0 Å². The predicted molar refractivity (Wildman–Crippen MR) is 112 cm³/mol. The second-order valence-electron chi connectivity index (χ2n) is 6.45. The van der Waals surface area contributed by atoms with Crippen LogP contribution in [-0.2, 0) is 18.0 Å². The first-order chi connectivity index (χ1) is 13.3. The van der Waals surface area contributed by atoms with Crippen LogP contribution in [0, 0.1) is 0 Å². The molecule has 0 aliphatic rings. The van der Waals surface area contributed by atoms with Gasteiger partial charge in [0.2, 0.25) is 5.85 Å². The van der Waals surface area contributed by atoms with Crippen molar-refractivity contribution >= 4 is 30.0 Å². The summed E-state index contributed by atoms with van der Waals surface area (Å²) in [7, 11) is -10.2. The summed E-state index contributed by atoms with van der Waals surface area (Å²) in [4.78, 5) is 12.4. The molecule has 30 heavy (non-hydrogen) atoms. The van der Waals surface area contributed by atoms with Gasteiger partial charge in [0.15, 0.2) is 0 Å². The number of hydrogen-bond acceptors (Lipinski definition) is 5. The van der Waals surface area contributed by atoms with Gasteiger partial charge in [-0.3, -0.25) is 0 Å². The van der Waals surface area contributed by atoms with E-state index < -0.39 is 30.0 Å². The summed E-state index contributed by atoms with van der Waals surface area (Å²) in [5, 5.41) is 2.88. The van der Waals surface area contributed by atoms with Crippen LogP contribution < -0.4 is 5.32 Å². The van der Waals surface area contributed by atoms with E-state index in [0.29, 0.717) is 6.42 Å². The molecule has 0 saturated carbocycles. The molecule has 2 unspecified atom stereocenters. The first-order valence-electron chi connectivity index (χ1n) is 9.34. The van der Waals surface area contributed by atoms with E-state index in [-0.39, 0.29) is 11.5 Å². The van der Waals surface area contributed by atoms with Crippen molar-refractivity contribution in [3.05, 3.63) is 0 Å². The van der Waals surface area contributed by atoms with Crippen LogP contribution in [0.1, 0.15) is 41.0 Å². The normalized spacial score (nSPS) is 17.0. The minimum atomic E-state index is -10.7. The standard InChI is InChI=1S/C15H34NO5PSi.F6P/c1-9-14(23(18-6,19-7)20-8)16-15(17)21-13(5)22(10-2,11-3)12-4;1-7(2,3,4,5)6/h13-14H,9-12H2,1-8H3;/q;-1/p+1. The molecular formula is C15H35F6NO5P2Si.